The summed E-state index contributed by atoms with van der Waals surface area (Å²) >= 11 is 0. The fourth-order valence-electron chi connectivity index (χ4n) is 2.10. The largest absolute Gasteiger partial charge is 0.457 e. The number of nitrogens with zero attached hydrogens (tertiary/aromatic N) is 1. The van der Waals surface area contributed by atoms with Gasteiger partial charge in [-0.2, -0.15) is 5.26 Å². The van der Waals surface area contributed by atoms with Gasteiger partial charge in [0.15, 0.2) is 0 Å². The molecular weight excluding hydrogens is 248 g/mol. The third kappa shape index (κ3) is 3.37. The number of nitriles is 1. The zero-order chi connectivity index (χ0) is 14.4. The minimum absolute atomic E-state index is 0.218. The molecule has 0 spiro atoms. The van der Waals surface area contributed by atoms with E-state index in [1.165, 1.54) is 0 Å². The van der Waals surface area contributed by atoms with Gasteiger partial charge in [-0.1, -0.05) is 31.2 Å². The van der Waals surface area contributed by atoms with Crippen molar-refractivity contribution in [3.63, 3.8) is 0 Å². The van der Waals surface area contributed by atoms with Crippen LogP contribution < -0.4 is 10.1 Å². The van der Waals surface area contributed by atoms with Crippen molar-refractivity contribution < 1.29 is 4.74 Å². The molecule has 2 aromatic rings. The third-order valence-electron chi connectivity index (χ3n) is 3.09. The first-order valence-corrected chi connectivity index (χ1v) is 6.75. The van der Waals surface area contributed by atoms with Gasteiger partial charge in [-0.15, -0.1) is 0 Å². The Labute approximate surface area is 119 Å². The van der Waals surface area contributed by atoms with E-state index in [-0.39, 0.29) is 6.04 Å². The van der Waals surface area contributed by atoms with E-state index in [1.54, 1.807) is 12.1 Å². The maximum absolute atomic E-state index is 8.93. The molecule has 2 aromatic carbocycles. The second kappa shape index (κ2) is 6.74. The molecule has 20 heavy (non-hydrogen) atoms. The van der Waals surface area contributed by atoms with Crippen molar-refractivity contribution in [1.29, 1.82) is 5.26 Å². The molecule has 3 heteroatoms. The summed E-state index contributed by atoms with van der Waals surface area (Å²) in [6, 6.07) is 17.5. The van der Waals surface area contributed by atoms with Crippen LogP contribution in [0.3, 0.4) is 0 Å². The van der Waals surface area contributed by atoms with Crippen molar-refractivity contribution in [2.75, 3.05) is 6.54 Å². The monoisotopic (exact) mass is 266 g/mol. The Morgan fingerprint density at radius 2 is 2.00 bits per heavy atom. The van der Waals surface area contributed by atoms with Crippen molar-refractivity contribution in [2.45, 2.75) is 19.9 Å². The maximum atomic E-state index is 8.93. The second-order valence-corrected chi connectivity index (χ2v) is 4.56. The predicted molar refractivity (Wildman–Crippen MR) is 79.8 cm³/mol. The van der Waals surface area contributed by atoms with Gasteiger partial charge in [-0.25, -0.2) is 0 Å². The smallest absolute Gasteiger partial charge is 0.132 e. The topological polar surface area (TPSA) is 45.0 Å². The highest BCUT2D eigenvalue weighted by atomic mass is 16.5. The Hall–Kier alpha value is -2.31. The first kappa shape index (κ1) is 14.1. The van der Waals surface area contributed by atoms with Gasteiger partial charge in [0.05, 0.1) is 11.6 Å². The second-order valence-electron chi connectivity index (χ2n) is 4.56. The number of benzene rings is 2. The molecule has 0 radical (unpaired) electrons. The number of hydrogen-bond donors (Lipinski definition) is 1. The van der Waals surface area contributed by atoms with Gasteiger partial charge in [0.25, 0.3) is 0 Å². The molecule has 0 fully saturated rings. The van der Waals surface area contributed by atoms with Gasteiger partial charge >= 0.3 is 0 Å². The van der Waals surface area contributed by atoms with Crippen LogP contribution in [0.4, 0.5) is 0 Å². The highest BCUT2D eigenvalue weighted by Gasteiger charge is 2.10. The average molecular weight is 266 g/mol. The molecule has 3 nitrogen and oxygen atoms in total. The Balaban J connectivity index is 2.27. The molecule has 2 rings (SSSR count). The fourth-order valence-corrected chi connectivity index (χ4v) is 2.10. The third-order valence-corrected chi connectivity index (χ3v) is 3.09. The van der Waals surface area contributed by atoms with Crippen LogP contribution in [-0.2, 0) is 0 Å². The number of ether oxygens (including phenoxy) is 1. The molecule has 102 valence electrons. The first-order valence-electron chi connectivity index (χ1n) is 6.75. The highest BCUT2D eigenvalue weighted by molar-refractivity contribution is 5.42. The first-order chi connectivity index (χ1) is 9.74. The lowest BCUT2D eigenvalue weighted by Crippen LogP contribution is -2.18. The van der Waals surface area contributed by atoms with Gasteiger partial charge in [-0.3, -0.25) is 0 Å². The van der Waals surface area contributed by atoms with E-state index in [4.69, 9.17) is 10.00 Å². The minimum atomic E-state index is 0.218. The number of para-hydroxylation sites is 1. The lowest BCUT2D eigenvalue weighted by molar-refractivity contribution is 0.463. The molecule has 0 aliphatic heterocycles. The van der Waals surface area contributed by atoms with Crippen LogP contribution in [0.15, 0.2) is 48.5 Å². The summed E-state index contributed by atoms with van der Waals surface area (Å²) in [5.74, 6) is 1.50. The van der Waals surface area contributed by atoms with E-state index in [9.17, 15) is 0 Å². The van der Waals surface area contributed by atoms with Crippen LogP contribution in [0.2, 0.25) is 0 Å². The molecule has 0 aromatic heterocycles. The van der Waals surface area contributed by atoms with E-state index < -0.39 is 0 Å². The zero-order valence-electron chi connectivity index (χ0n) is 11.8. The SMILES string of the molecule is CCNC(C)c1ccccc1Oc1cccc(C#N)c1. The molecule has 0 aliphatic rings. The van der Waals surface area contributed by atoms with Crippen LogP contribution in [0.5, 0.6) is 11.5 Å². The van der Waals surface area contributed by atoms with E-state index >= 15 is 0 Å². The molecular formula is C17H18N2O. The summed E-state index contributed by atoms with van der Waals surface area (Å²) in [5, 5.41) is 12.3. The molecule has 1 unspecified atom stereocenters. The Kier molecular flexibility index (Phi) is 4.75. The molecule has 1 N–H and O–H groups in total. The summed E-state index contributed by atoms with van der Waals surface area (Å²) in [6.07, 6.45) is 0. The molecule has 0 amide bonds. The van der Waals surface area contributed by atoms with Gasteiger partial charge in [-0.05, 0) is 37.7 Å². The van der Waals surface area contributed by atoms with E-state index in [0.717, 1.165) is 17.9 Å². The molecule has 0 saturated carbocycles. The van der Waals surface area contributed by atoms with Crippen molar-refractivity contribution in [1.82, 2.24) is 5.32 Å². The molecule has 0 aliphatic carbocycles. The van der Waals surface area contributed by atoms with Gasteiger partial charge in [0, 0.05) is 11.6 Å². The molecule has 0 heterocycles. The minimum Gasteiger partial charge on any atom is -0.457 e. The van der Waals surface area contributed by atoms with Crippen LogP contribution in [0.25, 0.3) is 0 Å². The van der Waals surface area contributed by atoms with Crippen LogP contribution >= 0.6 is 0 Å². The summed E-state index contributed by atoms with van der Waals surface area (Å²) in [7, 11) is 0. The average Bonchev–Trinajstić information content (AvgIpc) is 2.48. The summed E-state index contributed by atoms with van der Waals surface area (Å²) in [5.41, 5.74) is 1.71. The molecule has 0 bridgehead atoms. The Bertz CT molecular complexity index is 616. The highest BCUT2D eigenvalue weighted by Crippen LogP contribution is 2.29. The summed E-state index contributed by atoms with van der Waals surface area (Å²) < 4.78 is 5.93. The summed E-state index contributed by atoms with van der Waals surface area (Å²) in [4.78, 5) is 0. The van der Waals surface area contributed by atoms with E-state index in [2.05, 4.69) is 31.3 Å². The van der Waals surface area contributed by atoms with Gasteiger partial charge < -0.3 is 10.1 Å². The lowest BCUT2D eigenvalue weighted by atomic mass is 10.1. The van der Waals surface area contributed by atoms with Crippen molar-refractivity contribution in [2.24, 2.45) is 0 Å². The predicted octanol–water partition coefficient (Wildman–Crippen LogP) is 4.02. The van der Waals surface area contributed by atoms with Gasteiger partial charge in [0.1, 0.15) is 11.5 Å². The van der Waals surface area contributed by atoms with Crippen molar-refractivity contribution in [3.8, 4) is 17.6 Å². The van der Waals surface area contributed by atoms with Crippen molar-refractivity contribution in [3.05, 3.63) is 59.7 Å². The standard InChI is InChI=1S/C17H18N2O/c1-3-19-13(2)16-9-4-5-10-17(16)20-15-8-6-7-14(11-15)12-18/h4-11,13,19H,3H2,1-2H3. The van der Waals surface area contributed by atoms with E-state index in [1.807, 2.05) is 30.3 Å². The lowest BCUT2D eigenvalue weighted by Gasteiger charge is -2.17. The Morgan fingerprint density at radius 3 is 2.75 bits per heavy atom. The van der Waals surface area contributed by atoms with Crippen LogP contribution in [0.1, 0.15) is 31.0 Å². The van der Waals surface area contributed by atoms with Crippen LogP contribution in [-0.4, -0.2) is 6.54 Å². The maximum Gasteiger partial charge on any atom is 0.132 e. The normalized spacial score (nSPS) is 11.7. The quantitative estimate of drug-likeness (QED) is 0.889. The van der Waals surface area contributed by atoms with Gasteiger partial charge in [0.2, 0.25) is 0 Å². The van der Waals surface area contributed by atoms with Crippen LogP contribution in [0, 0.1) is 11.3 Å². The fraction of sp³-hybridized carbons (Fsp3) is 0.235. The molecule has 0 saturated heterocycles. The number of hydrogen-bond acceptors (Lipinski definition) is 3. The van der Waals surface area contributed by atoms with Crippen molar-refractivity contribution >= 4 is 0 Å². The zero-order valence-corrected chi connectivity index (χ0v) is 11.8. The Morgan fingerprint density at radius 1 is 1.20 bits per heavy atom. The van der Waals surface area contributed by atoms with E-state index in [0.29, 0.717) is 11.3 Å². The molecule has 1 atom stereocenters. The number of rotatable bonds is 5. The number of nitrogens with one attached hydrogen (secondary N) is 1. The summed E-state index contributed by atoms with van der Waals surface area (Å²) in [6.45, 7) is 5.09.